The molecule has 0 bridgehead atoms. The van der Waals surface area contributed by atoms with E-state index in [-0.39, 0.29) is 12.5 Å². The molecule has 0 unspecified atom stereocenters. The quantitative estimate of drug-likeness (QED) is 0.747. The van der Waals surface area contributed by atoms with Crippen LogP contribution in [0.2, 0.25) is 10.0 Å². The maximum Gasteiger partial charge on any atom is 0.243 e. The van der Waals surface area contributed by atoms with E-state index in [1.807, 2.05) is 17.9 Å². The van der Waals surface area contributed by atoms with Crippen LogP contribution in [-0.4, -0.2) is 56.3 Å². The number of sulfonamides is 1. The zero-order chi connectivity index (χ0) is 21.2. The maximum atomic E-state index is 13.0. The number of nitrogens with one attached hydrogen (secondary N) is 1. The molecule has 2 aromatic rings. The molecular formula is C20H23Cl2N3O3S. The summed E-state index contributed by atoms with van der Waals surface area (Å²) in [5.41, 5.74) is 2.22. The Bertz CT molecular complexity index is 1020. The Kier molecular flexibility index (Phi) is 6.86. The number of benzene rings is 2. The van der Waals surface area contributed by atoms with Gasteiger partial charge in [0.2, 0.25) is 15.9 Å². The van der Waals surface area contributed by atoms with Gasteiger partial charge in [-0.1, -0.05) is 40.9 Å². The van der Waals surface area contributed by atoms with Gasteiger partial charge >= 0.3 is 0 Å². The molecule has 0 radical (unpaired) electrons. The maximum absolute atomic E-state index is 13.0. The van der Waals surface area contributed by atoms with Gasteiger partial charge in [0.05, 0.1) is 22.2 Å². The Morgan fingerprint density at radius 3 is 2.38 bits per heavy atom. The number of hydrogen-bond acceptors (Lipinski definition) is 4. The molecule has 9 heteroatoms. The van der Waals surface area contributed by atoms with E-state index in [2.05, 4.69) is 5.32 Å². The van der Waals surface area contributed by atoms with Crippen molar-refractivity contribution in [1.29, 1.82) is 0 Å². The van der Waals surface area contributed by atoms with E-state index < -0.39 is 10.0 Å². The van der Waals surface area contributed by atoms with Gasteiger partial charge in [0.15, 0.2) is 0 Å². The van der Waals surface area contributed by atoms with Gasteiger partial charge in [-0.05, 0) is 43.7 Å². The van der Waals surface area contributed by atoms with E-state index in [1.54, 1.807) is 37.3 Å². The molecule has 3 rings (SSSR count). The monoisotopic (exact) mass is 455 g/mol. The second kappa shape index (κ2) is 9.02. The van der Waals surface area contributed by atoms with Crippen LogP contribution in [0.5, 0.6) is 0 Å². The minimum Gasteiger partial charge on any atom is -0.324 e. The van der Waals surface area contributed by atoms with E-state index in [0.29, 0.717) is 46.8 Å². The zero-order valence-electron chi connectivity index (χ0n) is 16.3. The molecule has 1 aliphatic rings. The highest BCUT2D eigenvalue weighted by atomic mass is 35.5. The second-order valence-corrected chi connectivity index (χ2v) is 9.87. The fourth-order valence-corrected chi connectivity index (χ4v) is 5.31. The summed E-state index contributed by atoms with van der Waals surface area (Å²) in [5, 5.41) is 3.64. The molecule has 0 aliphatic carbocycles. The zero-order valence-corrected chi connectivity index (χ0v) is 18.6. The van der Waals surface area contributed by atoms with Gasteiger partial charge in [0, 0.05) is 31.2 Å². The largest absolute Gasteiger partial charge is 0.324 e. The fraction of sp³-hybridized carbons (Fsp3) is 0.350. The first kappa shape index (κ1) is 22.1. The van der Waals surface area contributed by atoms with Crippen LogP contribution in [0.4, 0.5) is 5.69 Å². The fourth-order valence-electron chi connectivity index (χ4n) is 3.34. The van der Waals surface area contributed by atoms with E-state index >= 15 is 0 Å². The minimum absolute atomic E-state index is 0.153. The predicted octanol–water partition coefficient (Wildman–Crippen LogP) is 3.56. The lowest BCUT2D eigenvalue weighted by Gasteiger charge is -2.33. The standard InChI is InChI=1S/C20H23Cl2N3O3S/c1-14-3-6-19(15(2)11-14)29(27,28)25-9-7-24(8-10-25)13-20(26)23-18-12-16(21)4-5-17(18)22/h3-6,11-12H,7-10,13H2,1-2H3,(H,23,26). The number of anilines is 1. The molecular weight excluding hydrogens is 433 g/mol. The molecule has 1 heterocycles. The van der Waals surface area contributed by atoms with Crippen LogP contribution in [0.3, 0.4) is 0 Å². The Labute approximate surface area is 181 Å². The van der Waals surface area contributed by atoms with Crippen LogP contribution < -0.4 is 5.32 Å². The Hall–Kier alpha value is -1.64. The van der Waals surface area contributed by atoms with Crippen LogP contribution in [0.15, 0.2) is 41.3 Å². The van der Waals surface area contributed by atoms with Crippen molar-refractivity contribution in [3.05, 3.63) is 57.6 Å². The van der Waals surface area contributed by atoms with E-state index in [0.717, 1.165) is 11.1 Å². The van der Waals surface area contributed by atoms with Crippen LogP contribution in [0.25, 0.3) is 0 Å². The molecule has 0 spiro atoms. The summed E-state index contributed by atoms with van der Waals surface area (Å²) in [4.78, 5) is 14.6. The highest BCUT2D eigenvalue weighted by Gasteiger charge is 2.30. The number of amides is 1. The third-order valence-electron chi connectivity index (χ3n) is 4.85. The lowest BCUT2D eigenvalue weighted by atomic mass is 10.2. The van der Waals surface area contributed by atoms with Gasteiger partial charge in [0.25, 0.3) is 0 Å². The van der Waals surface area contributed by atoms with Gasteiger partial charge in [-0.3, -0.25) is 9.69 Å². The molecule has 0 saturated carbocycles. The molecule has 0 atom stereocenters. The number of rotatable bonds is 5. The van der Waals surface area contributed by atoms with Crippen LogP contribution in [-0.2, 0) is 14.8 Å². The first-order valence-electron chi connectivity index (χ1n) is 9.21. The topological polar surface area (TPSA) is 69.7 Å². The van der Waals surface area contributed by atoms with Gasteiger partial charge < -0.3 is 5.32 Å². The number of halogens is 2. The van der Waals surface area contributed by atoms with Gasteiger partial charge in [-0.15, -0.1) is 0 Å². The van der Waals surface area contributed by atoms with Crippen molar-refractivity contribution in [2.75, 3.05) is 38.0 Å². The molecule has 0 aromatic heterocycles. The smallest absolute Gasteiger partial charge is 0.243 e. The number of carbonyl (C=O) groups excluding carboxylic acids is 1. The first-order chi connectivity index (χ1) is 13.7. The first-order valence-corrected chi connectivity index (χ1v) is 11.4. The lowest BCUT2D eigenvalue weighted by molar-refractivity contribution is -0.117. The Balaban J connectivity index is 1.58. The molecule has 156 valence electrons. The predicted molar refractivity (Wildman–Crippen MR) is 116 cm³/mol. The average molecular weight is 456 g/mol. The summed E-state index contributed by atoms with van der Waals surface area (Å²) < 4.78 is 27.4. The normalized spacial score (nSPS) is 16.0. The Morgan fingerprint density at radius 2 is 1.72 bits per heavy atom. The summed E-state index contributed by atoms with van der Waals surface area (Å²) in [6, 6.07) is 10.2. The van der Waals surface area contributed by atoms with E-state index in [4.69, 9.17) is 23.2 Å². The minimum atomic E-state index is -3.55. The van der Waals surface area contributed by atoms with E-state index in [1.165, 1.54) is 4.31 Å². The molecule has 1 saturated heterocycles. The highest BCUT2D eigenvalue weighted by Crippen LogP contribution is 2.25. The number of piperazine rings is 1. The van der Waals surface area contributed by atoms with Crippen LogP contribution in [0, 0.1) is 13.8 Å². The van der Waals surface area contributed by atoms with Gasteiger partial charge in [0.1, 0.15) is 0 Å². The summed E-state index contributed by atoms with van der Waals surface area (Å²) in [6.07, 6.45) is 0. The third kappa shape index (κ3) is 5.29. The Morgan fingerprint density at radius 1 is 1.03 bits per heavy atom. The van der Waals surface area contributed by atoms with Crippen molar-refractivity contribution in [3.8, 4) is 0 Å². The van der Waals surface area contributed by atoms with Gasteiger partial charge in [-0.25, -0.2) is 8.42 Å². The number of aryl methyl sites for hydroxylation is 2. The summed E-state index contributed by atoms with van der Waals surface area (Å²) in [7, 11) is -3.55. The molecule has 1 N–H and O–H groups in total. The van der Waals surface area contributed by atoms with Gasteiger partial charge in [-0.2, -0.15) is 4.31 Å². The molecule has 2 aromatic carbocycles. The molecule has 1 amide bonds. The number of nitrogens with zero attached hydrogens (tertiary/aromatic N) is 2. The van der Waals surface area contributed by atoms with Crippen LogP contribution >= 0.6 is 23.2 Å². The molecule has 29 heavy (non-hydrogen) atoms. The summed E-state index contributed by atoms with van der Waals surface area (Å²) >= 11 is 12.0. The summed E-state index contributed by atoms with van der Waals surface area (Å²) in [6.45, 7) is 5.51. The van der Waals surface area contributed by atoms with Crippen LogP contribution in [0.1, 0.15) is 11.1 Å². The van der Waals surface area contributed by atoms with E-state index in [9.17, 15) is 13.2 Å². The van der Waals surface area contributed by atoms with Crippen molar-refractivity contribution >= 4 is 44.8 Å². The van der Waals surface area contributed by atoms with Crippen molar-refractivity contribution in [2.24, 2.45) is 0 Å². The number of carbonyl (C=O) groups is 1. The van der Waals surface area contributed by atoms with Crippen molar-refractivity contribution < 1.29 is 13.2 Å². The highest BCUT2D eigenvalue weighted by molar-refractivity contribution is 7.89. The summed E-state index contributed by atoms with van der Waals surface area (Å²) in [5.74, 6) is -0.222. The number of hydrogen-bond donors (Lipinski definition) is 1. The van der Waals surface area contributed by atoms with Crippen molar-refractivity contribution in [1.82, 2.24) is 9.21 Å². The molecule has 1 aliphatic heterocycles. The lowest BCUT2D eigenvalue weighted by Crippen LogP contribution is -2.50. The average Bonchev–Trinajstić information content (AvgIpc) is 2.65. The third-order valence-corrected chi connectivity index (χ3v) is 7.47. The van der Waals surface area contributed by atoms with Crippen molar-refractivity contribution in [2.45, 2.75) is 18.7 Å². The molecule has 1 fully saturated rings. The molecule has 6 nitrogen and oxygen atoms in total. The SMILES string of the molecule is Cc1ccc(S(=O)(=O)N2CCN(CC(=O)Nc3cc(Cl)ccc3Cl)CC2)c(C)c1. The van der Waals surface area contributed by atoms with Crippen molar-refractivity contribution in [3.63, 3.8) is 0 Å². The second-order valence-electron chi connectivity index (χ2n) is 7.12.